The molecule has 3 rings (SSSR count). The number of aliphatic hydroxyl groups excluding tert-OH is 1. The maximum Gasteiger partial charge on any atom is 0.155 e. The molecule has 0 bridgehead atoms. The molecule has 4 heteroatoms. The molecule has 2 aromatic carbocycles. The van der Waals surface area contributed by atoms with Crippen molar-refractivity contribution in [3.8, 4) is 35.0 Å². The van der Waals surface area contributed by atoms with Crippen molar-refractivity contribution in [1.82, 2.24) is 4.90 Å². The number of terminal acetylenes is 1. The molecular weight excluding hydrogens is 566 g/mol. The Labute approximate surface area is 279 Å². The van der Waals surface area contributed by atoms with Crippen molar-refractivity contribution >= 4 is 0 Å². The van der Waals surface area contributed by atoms with Gasteiger partial charge in [0.25, 0.3) is 0 Å². The molecule has 0 spiro atoms. The van der Waals surface area contributed by atoms with Crippen LogP contribution >= 0.6 is 0 Å². The van der Waals surface area contributed by atoms with Crippen molar-refractivity contribution in [1.29, 1.82) is 0 Å². The predicted octanol–water partition coefficient (Wildman–Crippen LogP) is 10.4. The molecule has 1 unspecified atom stereocenters. The summed E-state index contributed by atoms with van der Waals surface area (Å²) >= 11 is 0. The lowest BCUT2D eigenvalue weighted by Gasteiger charge is -2.21. The third kappa shape index (κ3) is 13.0. The molecule has 246 valence electrons. The number of likely N-dealkylation sites (N-methyl/N-ethyl adjacent to an activating group) is 1. The second-order valence-corrected chi connectivity index (χ2v) is 11.5. The van der Waals surface area contributed by atoms with E-state index in [9.17, 15) is 5.11 Å². The van der Waals surface area contributed by atoms with Crippen LogP contribution in [0.25, 0.3) is 11.1 Å². The molecule has 1 aliphatic rings. The lowest BCUT2D eigenvalue weighted by Crippen LogP contribution is -2.19. The van der Waals surface area contributed by atoms with Gasteiger partial charge in [0.05, 0.1) is 0 Å². The minimum Gasteiger partial charge on any atom is -0.509 e. The zero-order chi connectivity index (χ0) is 33.7. The number of rotatable bonds is 16. The molecule has 0 saturated heterocycles. The van der Waals surface area contributed by atoms with E-state index in [1.165, 1.54) is 16.7 Å². The molecule has 0 aromatic heterocycles. The topological polar surface area (TPSA) is 41.9 Å². The summed E-state index contributed by atoms with van der Waals surface area (Å²) in [5.41, 5.74) is 7.01. The van der Waals surface area contributed by atoms with Crippen LogP contribution in [0.15, 0.2) is 108 Å². The van der Waals surface area contributed by atoms with Gasteiger partial charge in [-0.15, -0.1) is 12.3 Å². The van der Waals surface area contributed by atoms with Crippen molar-refractivity contribution < 1.29 is 14.6 Å². The summed E-state index contributed by atoms with van der Waals surface area (Å²) in [6, 6.07) is 13.0. The third-order valence-corrected chi connectivity index (χ3v) is 7.45. The number of unbranched alkanes of at least 4 members (excludes halogenated alkanes) is 1. The Morgan fingerprint density at radius 2 is 1.74 bits per heavy atom. The molecular formula is C42H55NO3. The van der Waals surface area contributed by atoms with Gasteiger partial charge in [-0.2, -0.15) is 0 Å². The van der Waals surface area contributed by atoms with Crippen molar-refractivity contribution in [2.24, 2.45) is 0 Å². The quantitative estimate of drug-likeness (QED) is 0.115. The minimum absolute atomic E-state index is 0.311. The van der Waals surface area contributed by atoms with E-state index in [1.54, 1.807) is 6.92 Å². The number of ether oxygens (including phenoxy) is 2. The molecule has 0 radical (unpaired) electrons. The Morgan fingerprint density at radius 3 is 2.37 bits per heavy atom. The van der Waals surface area contributed by atoms with E-state index in [4.69, 9.17) is 9.47 Å². The van der Waals surface area contributed by atoms with Gasteiger partial charge in [0.1, 0.15) is 23.9 Å². The second-order valence-electron chi connectivity index (χ2n) is 11.5. The van der Waals surface area contributed by atoms with Crippen LogP contribution in [0.2, 0.25) is 0 Å². The summed E-state index contributed by atoms with van der Waals surface area (Å²) in [6.07, 6.45) is 28.4. The summed E-state index contributed by atoms with van der Waals surface area (Å²) in [6.45, 7) is 11.4. The van der Waals surface area contributed by atoms with Crippen molar-refractivity contribution in [3.05, 3.63) is 119 Å². The zero-order valence-corrected chi connectivity index (χ0v) is 29.2. The Hall–Kier alpha value is -4.20. The van der Waals surface area contributed by atoms with Crippen LogP contribution in [0.1, 0.15) is 71.4 Å². The normalized spacial score (nSPS) is 13.9. The van der Waals surface area contributed by atoms with Crippen LogP contribution in [-0.2, 0) is 12.8 Å². The number of hydrogen-bond acceptors (Lipinski definition) is 4. The molecule has 0 saturated carbocycles. The zero-order valence-electron chi connectivity index (χ0n) is 29.2. The number of benzene rings is 2. The van der Waals surface area contributed by atoms with Gasteiger partial charge < -0.3 is 19.5 Å². The van der Waals surface area contributed by atoms with E-state index in [2.05, 4.69) is 137 Å². The maximum absolute atomic E-state index is 10.7. The van der Waals surface area contributed by atoms with Crippen LogP contribution < -0.4 is 9.47 Å². The molecule has 0 heterocycles. The molecule has 46 heavy (non-hydrogen) atoms. The average Bonchev–Trinajstić information content (AvgIpc) is 3.32. The van der Waals surface area contributed by atoms with Gasteiger partial charge in [-0.1, -0.05) is 81.0 Å². The summed E-state index contributed by atoms with van der Waals surface area (Å²) < 4.78 is 12.8. The fraction of sp³-hybridized carbons (Fsp3) is 0.381. The first-order valence-electron chi connectivity index (χ1n) is 16.6. The van der Waals surface area contributed by atoms with Gasteiger partial charge >= 0.3 is 0 Å². The molecule has 2 aromatic rings. The van der Waals surface area contributed by atoms with Crippen LogP contribution in [0, 0.1) is 12.3 Å². The Bertz CT molecular complexity index is 1450. The number of hydrogen-bond donors (Lipinski definition) is 1. The molecule has 1 aliphatic carbocycles. The lowest BCUT2D eigenvalue weighted by molar-refractivity contribution is 0.170. The van der Waals surface area contributed by atoms with E-state index >= 15 is 0 Å². The van der Waals surface area contributed by atoms with Gasteiger partial charge in [-0.3, -0.25) is 0 Å². The molecule has 0 amide bonds. The minimum atomic E-state index is -0.370. The summed E-state index contributed by atoms with van der Waals surface area (Å²) in [4.78, 5) is 2.13. The summed E-state index contributed by atoms with van der Waals surface area (Å²) in [5.74, 6) is 4.30. The Balaban J connectivity index is 0.00000236. The highest BCUT2D eigenvalue weighted by molar-refractivity contribution is 5.68. The Morgan fingerprint density at radius 1 is 1.04 bits per heavy atom. The van der Waals surface area contributed by atoms with E-state index in [0.29, 0.717) is 18.8 Å². The standard InChI is InChI=1S/C39H51NO3.C3H4/c1-7-11-19-36(41)37(10-4)43-39-23-21-33(29-35(39)27-31-17-14-12-13-15-18-31)32-20-22-38(42-25-24-40(5)6)34(28-32)26-30(9-3)16-8-2;1-3-2/h8-9,12,14-23,28-29,37,41H,7,10-11,13,24-27H2,1-6H3;1H,2H3/b16-8-,30-9+,36-19+;. The second kappa shape index (κ2) is 21.5. The van der Waals surface area contributed by atoms with Crippen LogP contribution in [0.3, 0.4) is 0 Å². The Kier molecular flexibility index (Phi) is 17.8. The van der Waals surface area contributed by atoms with Crippen LogP contribution in [0.4, 0.5) is 0 Å². The van der Waals surface area contributed by atoms with Crippen molar-refractivity contribution in [2.75, 3.05) is 27.2 Å². The van der Waals surface area contributed by atoms with Gasteiger partial charge in [0.2, 0.25) is 0 Å². The fourth-order valence-corrected chi connectivity index (χ4v) is 4.97. The summed E-state index contributed by atoms with van der Waals surface area (Å²) in [5, 5.41) is 10.7. The van der Waals surface area contributed by atoms with Gasteiger partial charge in [0, 0.05) is 19.4 Å². The molecule has 1 atom stereocenters. The number of aliphatic hydroxyl groups is 1. The van der Waals surface area contributed by atoms with E-state index in [0.717, 1.165) is 66.8 Å². The molecule has 4 nitrogen and oxygen atoms in total. The largest absolute Gasteiger partial charge is 0.509 e. The van der Waals surface area contributed by atoms with Crippen molar-refractivity contribution in [3.63, 3.8) is 0 Å². The highest BCUT2D eigenvalue weighted by Gasteiger charge is 2.17. The highest BCUT2D eigenvalue weighted by atomic mass is 16.5. The molecule has 0 aliphatic heterocycles. The molecule has 0 fully saturated rings. The van der Waals surface area contributed by atoms with Gasteiger partial charge in [-0.25, -0.2) is 0 Å². The third-order valence-electron chi connectivity index (χ3n) is 7.45. The van der Waals surface area contributed by atoms with E-state index in [1.807, 2.05) is 13.0 Å². The van der Waals surface area contributed by atoms with Gasteiger partial charge in [-0.05, 0) is 118 Å². The fourth-order valence-electron chi connectivity index (χ4n) is 4.97. The first kappa shape index (κ1) is 38.0. The number of nitrogens with zero attached hydrogens (tertiary/aromatic N) is 1. The highest BCUT2D eigenvalue weighted by Crippen LogP contribution is 2.34. The smallest absolute Gasteiger partial charge is 0.155 e. The van der Waals surface area contributed by atoms with Crippen LogP contribution in [0.5, 0.6) is 11.5 Å². The first-order chi connectivity index (χ1) is 22.3. The monoisotopic (exact) mass is 621 g/mol. The van der Waals surface area contributed by atoms with E-state index < -0.39 is 0 Å². The van der Waals surface area contributed by atoms with Crippen molar-refractivity contribution in [2.45, 2.75) is 79.2 Å². The summed E-state index contributed by atoms with van der Waals surface area (Å²) in [7, 11) is 4.12. The van der Waals surface area contributed by atoms with Gasteiger partial charge in [0.15, 0.2) is 6.10 Å². The van der Waals surface area contributed by atoms with E-state index in [-0.39, 0.29) is 6.10 Å². The van der Waals surface area contributed by atoms with Crippen LogP contribution in [-0.4, -0.2) is 43.4 Å². The average molecular weight is 622 g/mol. The first-order valence-corrected chi connectivity index (χ1v) is 16.6. The SMILES string of the molecule is C#CC.C/C=C\C(=C/C)Cc1cc(-c2ccc(OC(CC)/C(O)=C\CCC)c(CC3=CC=CCC=C3)c2)ccc1OCCN(C)C. The number of allylic oxidation sites excluding steroid dienone is 11. The predicted molar refractivity (Wildman–Crippen MR) is 198 cm³/mol. The lowest BCUT2D eigenvalue weighted by atomic mass is 9.95. The maximum atomic E-state index is 10.7. The molecule has 1 N–H and O–H groups in total.